The van der Waals surface area contributed by atoms with Gasteiger partial charge in [0, 0.05) is 18.0 Å². The minimum atomic E-state index is -0.905. The minimum Gasteiger partial charge on any atom is -0.481 e. The smallest absolute Gasteiger partial charge is 0.303 e. The van der Waals surface area contributed by atoms with Crippen molar-refractivity contribution in [3.05, 3.63) is 65.7 Å². The van der Waals surface area contributed by atoms with Crippen LogP contribution in [0, 0.1) is 6.92 Å². The summed E-state index contributed by atoms with van der Waals surface area (Å²) in [6.07, 6.45) is 0.0789. The fourth-order valence-corrected chi connectivity index (χ4v) is 2.40. The van der Waals surface area contributed by atoms with Gasteiger partial charge in [-0.3, -0.25) is 9.59 Å². The number of carbonyl (C=O) groups excluding carboxylic acids is 1. The number of anilines is 1. The van der Waals surface area contributed by atoms with Gasteiger partial charge in [0.25, 0.3) is 0 Å². The number of aryl methyl sites for hydroxylation is 1. The molecule has 2 N–H and O–H groups in total. The van der Waals surface area contributed by atoms with E-state index in [0.717, 1.165) is 16.8 Å². The van der Waals surface area contributed by atoms with Gasteiger partial charge in [-0.05, 0) is 30.2 Å². The van der Waals surface area contributed by atoms with Crippen molar-refractivity contribution < 1.29 is 14.7 Å². The van der Waals surface area contributed by atoms with Crippen molar-refractivity contribution in [2.75, 3.05) is 5.32 Å². The maximum Gasteiger partial charge on any atom is 0.303 e. The molecule has 22 heavy (non-hydrogen) atoms. The molecule has 0 heterocycles. The standard InChI is InChI=1S/C18H19NO3/c1-13-6-5-9-16(10-13)19-17(20)11-15(12-18(21)22)14-7-3-2-4-8-14/h2-10,15H,11-12H2,1H3,(H,19,20)(H,21,22). The normalized spacial score (nSPS) is 11.7. The Bertz CT molecular complexity index is 652. The van der Waals surface area contributed by atoms with Crippen molar-refractivity contribution in [3.8, 4) is 0 Å². The van der Waals surface area contributed by atoms with E-state index in [1.807, 2.05) is 61.5 Å². The largest absolute Gasteiger partial charge is 0.481 e. The van der Waals surface area contributed by atoms with Crippen LogP contribution in [0.5, 0.6) is 0 Å². The summed E-state index contributed by atoms with van der Waals surface area (Å²) in [7, 11) is 0. The molecule has 2 rings (SSSR count). The molecule has 1 unspecified atom stereocenters. The van der Waals surface area contributed by atoms with Crippen molar-refractivity contribution >= 4 is 17.6 Å². The number of hydrogen-bond acceptors (Lipinski definition) is 2. The molecule has 0 radical (unpaired) electrons. The van der Waals surface area contributed by atoms with Crippen LogP contribution in [0.3, 0.4) is 0 Å². The number of carbonyl (C=O) groups is 2. The van der Waals surface area contributed by atoms with Crippen LogP contribution in [0.4, 0.5) is 5.69 Å². The Balaban J connectivity index is 2.06. The van der Waals surface area contributed by atoms with Gasteiger partial charge in [-0.25, -0.2) is 0 Å². The average molecular weight is 297 g/mol. The first kappa shape index (κ1) is 15.8. The Labute approximate surface area is 129 Å². The number of rotatable bonds is 6. The van der Waals surface area contributed by atoms with Crippen LogP contribution in [0.2, 0.25) is 0 Å². The summed E-state index contributed by atoms with van der Waals surface area (Å²) in [5, 5.41) is 11.9. The fraction of sp³-hybridized carbons (Fsp3) is 0.222. The number of carboxylic acids is 1. The number of aliphatic carboxylic acids is 1. The van der Waals surface area contributed by atoms with Crippen LogP contribution < -0.4 is 5.32 Å². The third-order valence-corrected chi connectivity index (χ3v) is 3.43. The lowest BCUT2D eigenvalue weighted by atomic mass is 9.92. The number of benzene rings is 2. The molecule has 1 amide bonds. The second-order valence-corrected chi connectivity index (χ2v) is 5.33. The van der Waals surface area contributed by atoms with E-state index in [4.69, 9.17) is 5.11 Å². The molecule has 0 aromatic heterocycles. The highest BCUT2D eigenvalue weighted by Gasteiger charge is 2.19. The Morgan fingerprint density at radius 2 is 1.77 bits per heavy atom. The van der Waals surface area contributed by atoms with Crippen LogP contribution >= 0.6 is 0 Å². The summed E-state index contributed by atoms with van der Waals surface area (Å²) in [4.78, 5) is 23.2. The predicted molar refractivity (Wildman–Crippen MR) is 85.9 cm³/mol. The van der Waals surface area contributed by atoms with Crippen molar-refractivity contribution in [2.24, 2.45) is 0 Å². The second kappa shape index (κ2) is 7.41. The van der Waals surface area contributed by atoms with Crippen molar-refractivity contribution in [2.45, 2.75) is 25.7 Å². The van der Waals surface area contributed by atoms with Gasteiger partial charge >= 0.3 is 5.97 Å². The molecular formula is C18H19NO3. The van der Waals surface area contributed by atoms with E-state index in [1.54, 1.807) is 0 Å². The number of carboxylic acid groups (broad SMARTS) is 1. The molecule has 4 heteroatoms. The van der Waals surface area contributed by atoms with Crippen LogP contribution in [0.25, 0.3) is 0 Å². The van der Waals surface area contributed by atoms with Gasteiger partial charge in [-0.2, -0.15) is 0 Å². The van der Waals surface area contributed by atoms with Gasteiger partial charge in [0.15, 0.2) is 0 Å². The first-order valence-electron chi connectivity index (χ1n) is 7.18. The molecule has 0 aliphatic rings. The second-order valence-electron chi connectivity index (χ2n) is 5.33. The van der Waals surface area contributed by atoms with Gasteiger partial charge in [0.2, 0.25) is 5.91 Å². The summed E-state index contributed by atoms with van der Waals surface area (Å²) >= 11 is 0. The summed E-state index contributed by atoms with van der Waals surface area (Å²) in [6.45, 7) is 1.95. The summed E-state index contributed by atoms with van der Waals surface area (Å²) in [5.41, 5.74) is 2.65. The molecule has 0 fully saturated rings. The Morgan fingerprint density at radius 3 is 2.41 bits per heavy atom. The quantitative estimate of drug-likeness (QED) is 0.856. The first-order valence-corrected chi connectivity index (χ1v) is 7.18. The Kier molecular flexibility index (Phi) is 5.31. The van der Waals surface area contributed by atoms with E-state index in [-0.39, 0.29) is 24.7 Å². The average Bonchev–Trinajstić information content (AvgIpc) is 2.47. The first-order chi connectivity index (χ1) is 10.5. The van der Waals surface area contributed by atoms with E-state index < -0.39 is 5.97 Å². The molecular weight excluding hydrogens is 278 g/mol. The van der Waals surface area contributed by atoms with Crippen molar-refractivity contribution in [1.82, 2.24) is 0 Å². The third kappa shape index (κ3) is 4.74. The van der Waals surface area contributed by atoms with Gasteiger partial charge in [-0.15, -0.1) is 0 Å². The highest BCUT2D eigenvalue weighted by Crippen LogP contribution is 2.24. The lowest BCUT2D eigenvalue weighted by Crippen LogP contribution is -2.17. The molecule has 1 atom stereocenters. The molecule has 114 valence electrons. The number of hydrogen-bond donors (Lipinski definition) is 2. The van der Waals surface area contributed by atoms with E-state index >= 15 is 0 Å². The van der Waals surface area contributed by atoms with Crippen LogP contribution in [0.1, 0.15) is 29.9 Å². The summed E-state index contributed by atoms with van der Waals surface area (Å²) in [5.74, 6) is -1.42. The molecule has 0 spiro atoms. The van der Waals surface area contributed by atoms with Crippen LogP contribution in [-0.4, -0.2) is 17.0 Å². The zero-order valence-corrected chi connectivity index (χ0v) is 12.5. The molecule has 0 aliphatic heterocycles. The van der Waals surface area contributed by atoms with E-state index in [0.29, 0.717) is 0 Å². The van der Waals surface area contributed by atoms with Gasteiger partial charge < -0.3 is 10.4 Å². The number of nitrogens with one attached hydrogen (secondary N) is 1. The van der Waals surface area contributed by atoms with E-state index in [1.165, 1.54) is 0 Å². The Morgan fingerprint density at radius 1 is 1.05 bits per heavy atom. The summed E-state index contributed by atoms with van der Waals surface area (Å²) in [6, 6.07) is 16.8. The minimum absolute atomic E-state index is 0.0642. The lowest BCUT2D eigenvalue weighted by Gasteiger charge is -2.15. The van der Waals surface area contributed by atoms with Gasteiger partial charge in [-0.1, -0.05) is 42.5 Å². The monoisotopic (exact) mass is 297 g/mol. The molecule has 4 nitrogen and oxygen atoms in total. The maximum absolute atomic E-state index is 12.2. The van der Waals surface area contributed by atoms with Crippen molar-refractivity contribution in [3.63, 3.8) is 0 Å². The van der Waals surface area contributed by atoms with Gasteiger partial charge in [0.05, 0.1) is 6.42 Å². The molecule has 0 aliphatic carbocycles. The summed E-state index contributed by atoms with van der Waals surface area (Å²) < 4.78 is 0. The fourth-order valence-electron chi connectivity index (χ4n) is 2.40. The number of amides is 1. The zero-order valence-electron chi connectivity index (χ0n) is 12.5. The van der Waals surface area contributed by atoms with Gasteiger partial charge in [0.1, 0.15) is 0 Å². The maximum atomic E-state index is 12.2. The molecule has 2 aromatic carbocycles. The third-order valence-electron chi connectivity index (χ3n) is 3.43. The topological polar surface area (TPSA) is 66.4 Å². The Hall–Kier alpha value is -2.62. The SMILES string of the molecule is Cc1cccc(NC(=O)CC(CC(=O)O)c2ccccc2)c1. The molecule has 0 bridgehead atoms. The van der Waals surface area contributed by atoms with E-state index in [2.05, 4.69) is 5.32 Å². The highest BCUT2D eigenvalue weighted by atomic mass is 16.4. The van der Waals surface area contributed by atoms with Crippen molar-refractivity contribution in [1.29, 1.82) is 0 Å². The van der Waals surface area contributed by atoms with Crippen LogP contribution in [0.15, 0.2) is 54.6 Å². The zero-order chi connectivity index (χ0) is 15.9. The lowest BCUT2D eigenvalue weighted by molar-refractivity contribution is -0.137. The predicted octanol–water partition coefficient (Wildman–Crippen LogP) is 3.58. The molecule has 0 saturated carbocycles. The molecule has 2 aromatic rings. The molecule has 0 saturated heterocycles. The highest BCUT2D eigenvalue weighted by molar-refractivity contribution is 5.91. The van der Waals surface area contributed by atoms with Crippen LogP contribution in [-0.2, 0) is 9.59 Å². The van der Waals surface area contributed by atoms with E-state index in [9.17, 15) is 9.59 Å².